The van der Waals surface area contributed by atoms with Crippen LogP contribution in [0.4, 0.5) is 4.39 Å². The van der Waals surface area contributed by atoms with E-state index in [0.29, 0.717) is 17.0 Å². The Morgan fingerprint density at radius 1 is 0.582 bits per heavy atom. The van der Waals surface area contributed by atoms with Crippen LogP contribution in [0.5, 0.6) is 5.75 Å². The molecule has 278 valence electrons. The molecular weight excluding hydrogens is 863 g/mol. The predicted octanol–water partition coefficient (Wildman–Crippen LogP) is 13.3. The SMILES string of the molecule is Cc1cc(-c2cccc3c2oc2ccccc23)cc(-c2[c-]c(-c3cc(-c4cc(C(C)(C)C)cc(C(C)(C)C)c4)cc(-c4ccc(F)cc4O)n3)ccc2)n1.[Pt]. The molecule has 8 rings (SSSR count). The number of halogens is 1. The molecule has 0 radical (unpaired) electrons. The van der Waals surface area contributed by atoms with Crippen molar-refractivity contribution in [3.8, 4) is 61.8 Å². The van der Waals surface area contributed by atoms with Crippen LogP contribution in [-0.2, 0) is 31.9 Å². The van der Waals surface area contributed by atoms with Crippen molar-refractivity contribution in [2.75, 3.05) is 0 Å². The Morgan fingerprint density at radius 2 is 1.18 bits per heavy atom. The van der Waals surface area contributed by atoms with Crippen molar-refractivity contribution < 1.29 is 35.0 Å². The molecule has 3 aromatic heterocycles. The molecule has 0 aliphatic rings. The van der Waals surface area contributed by atoms with Crippen LogP contribution in [0.15, 0.2) is 126 Å². The molecular formula is C49H42FN2O2Pt-. The third kappa shape index (κ3) is 7.51. The van der Waals surface area contributed by atoms with Crippen LogP contribution >= 0.6 is 0 Å². The molecule has 55 heavy (non-hydrogen) atoms. The number of phenolic OH excluding ortho intramolecular Hbond substituents is 1. The molecule has 8 aromatic rings. The number of hydrogen-bond acceptors (Lipinski definition) is 4. The van der Waals surface area contributed by atoms with Gasteiger partial charge in [0.25, 0.3) is 0 Å². The fraction of sp³-hybridized carbons (Fsp3) is 0.184. The fourth-order valence-corrected chi connectivity index (χ4v) is 7.06. The first-order chi connectivity index (χ1) is 25.7. The molecule has 0 aliphatic heterocycles. The Kier molecular flexibility index (Phi) is 9.90. The van der Waals surface area contributed by atoms with E-state index in [0.717, 1.165) is 72.8 Å². The summed E-state index contributed by atoms with van der Waals surface area (Å²) < 4.78 is 20.6. The number of fused-ring (bicyclic) bond motifs is 3. The van der Waals surface area contributed by atoms with E-state index in [-0.39, 0.29) is 37.6 Å². The molecule has 0 saturated heterocycles. The van der Waals surface area contributed by atoms with Gasteiger partial charge in [-0.05, 0) is 75.9 Å². The number of hydrogen-bond donors (Lipinski definition) is 1. The number of aryl methyl sites for hydroxylation is 1. The van der Waals surface area contributed by atoms with Crippen molar-refractivity contribution in [1.29, 1.82) is 0 Å². The van der Waals surface area contributed by atoms with Crippen molar-refractivity contribution in [1.82, 2.24) is 9.97 Å². The van der Waals surface area contributed by atoms with Crippen LogP contribution in [0.25, 0.3) is 78.0 Å². The van der Waals surface area contributed by atoms with Gasteiger partial charge in [0.1, 0.15) is 22.7 Å². The topological polar surface area (TPSA) is 59.2 Å². The molecule has 0 fully saturated rings. The maximum atomic E-state index is 14.2. The molecule has 6 heteroatoms. The third-order valence-electron chi connectivity index (χ3n) is 10.1. The molecule has 0 saturated carbocycles. The molecule has 0 atom stereocenters. The minimum atomic E-state index is -0.511. The molecule has 0 bridgehead atoms. The quantitative estimate of drug-likeness (QED) is 0.175. The summed E-state index contributed by atoms with van der Waals surface area (Å²) in [7, 11) is 0. The standard InChI is InChI=1S/C49H42FN2O2.Pt/c1-29-20-34(38-15-11-16-40-39-14-8-9-17-46(39)54-47(38)40)26-42(51-29)30-12-10-13-31(21-30)43-24-33(25-44(52-43)41-19-18-37(50)28-45(41)53)32-22-35(48(2,3)4)27-36(23-32)49(5,6)7;/h8-20,22-28,53H,1-7H3;/q-1;. The normalized spacial score (nSPS) is 11.9. The van der Waals surface area contributed by atoms with E-state index in [1.807, 2.05) is 49.4 Å². The second-order valence-corrected chi connectivity index (χ2v) is 16.2. The summed E-state index contributed by atoms with van der Waals surface area (Å²) in [5.74, 6) is -0.680. The minimum Gasteiger partial charge on any atom is -0.507 e. The summed E-state index contributed by atoms with van der Waals surface area (Å²) in [6.07, 6.45) is 0. The first-order valence-corrected chi connectivity index (χ1v) is 18.3. The minimum absolute atomic E-state index is 0. The number of aromatic nitrogens is 2. The molecule has 0 aliphatic carbocycles. The predicted molar refractivity (Wildman–Crippen MR) is 219 cm³/mol. The van der Waals surface area contributed by atoms with Gasteiger partial charge in [-0.3, -0.25) is 9.97 Å². The number of phenols is 1. The summed E-state index contributed by atoms with van der Waals surface area (Å²) in [5.41, 5.74) is 12.9. The van der Waals surface area contributed by atoms with Gasteiger partial charge in [0.05, 0.1) is 5.69 Å². The summed E-state index contributed by atoms with van der Waals surface area (Å²) in [5, 5.41) is 13.1. The van der Waals surface area contributed by atoms with Crippen LogP contribution in [-0.4, -0.2) is 15.1 Å². The van der Waals surface area contributed by atoms with Gasteiger partial charge < -0.3 is 9.52 Å². The average Bonchev–Trinajstić information content (AvgIpc) is 3.52. The Morgan fingerprint density at radius 3 is 1.87 bits per heavy atom. The van der Waals surface area contributed by atoms with Crippen molar-refractivity contribution in [2.24, 2.45) is 0 Å². The van der Waals surface area contributed by atoms with Crippen LogP contribution in [0.1, 0.15) is 58.4 Å². The van der Waals surface area contributed by atoms with Crippen LogP contribution in [0, 0.1) is 18.8 Å². The van der Waals surface area contributed by atoms with Crippen molar-refractivity contribution >= 4 is 21.9 Å². The first-order valence-electron chi connectivity index (χ1n) is 18.3. The number of para-hydroxylation sites is 2. The van der Waals surface area contributed by atoms with E-state index in [1.165, 1.54) is 17.2 Å². The number of benzene rings is 5. The van der Waals surface area contributed by atoms with Gasteiger partial charge in [0, 0.05) is 66.1 Å². The largest absolute Gasteiger partial charge is 0.507 e. The van der Waals surface area contributed by atoms with Gasteiger partial charge in [0.2, 0.25) is 0 Å². The van der Waals surface area contributed by atoms with Gasteiger partial charge in [-0.15, -0.1) is 24.3 Å². The van der Waals surface area contributed by atoms with Gasteiger partial charge >= 0.3 is 0 Å². The Bertz CT molecular complexity index is 2700. The van der Waals surface area contributed by atoms with E-state index in [1.54, 1.807) is 6.07 Å². The summed E-state index contributed by atoms with van der Waals surface area (Å²) in [6.45, 7) is 15.3. The van der Waals surface area contributed by atoms with E-state index in [2.05, 4.69) is 108 Å². The first kappa shape index (κ1) is 37.9. The van der Waals surface area contributed by atoms with Crippen LogP contribution in [0.3, 0.4) is 0 Å². The summed E-state index contributed by atoms with van der Waals surface area (Å²) in [4.78, 5) is 10.0. The maximum absolute atomic E-state index is 14.2. The molecule has 5 aromatic carbocycles. The zero-order valence-electron chi connectivity index (χ0n) is 32.0. The summed E-state index contributed by atoms with van der Waals surface area (Å²) >= 11 is 0. The molecule has 4 nitrogen and oxygen atoms in total. The van der Waals surface area contributed by atoms with Gasteiger partial charge in [-0.25, -0.2) is 4.39 Å². The molecule has 0 unspecified atom stereocenters. The summed E-state index contributed by atoms with van der Waals surface area (Å²) in [6, 6.07) is 43.0. The van der Waals surface area contributed by atoms with E-state index in [9.17, 15) is 9.50 Å². The second-order valence-electron chi connectivity index (χ2n) is 16.2. The molecule has 0 spiro atoms. The molecule has 1 N–H and O–H groups in total. The number of aromatic hydroxyl groups is 1. The monoisotopic (exact) mass is 904 g/mol. The fourth-order valence-electron chi connectivity index (χ4n) is 7.06. The van der Waals surface area contributed by atoms with Crippen molar-refractivity contribution in [3.63, 3.8) is 0 Å². The smallest absolute Gasteiger partial charge is 0.143 e. The Hall–Kier alpha value is -5.38. The van der Waals surface area contributed by atoms with Gasteiger partial charge in [-0.1, -0.05) is 119 Å². The van der Waals surface area contributed by atoms with Crippen LogP contribution < -0.4 is 0 Å². The zero-order chi connectivity index (χ0) is 37.9. The van der Waals surface area contributed by atoms with E-state index >= 15 is 0 Å². The Balaban J connectivity index is 0.00000465. The molecule has 3 heterocycles. The number of nitrogens with zero attached hydrogens (tertiary/aromatic N) is 2. The third-order valence-corrected chi connectivity index (χ3v) is 10.1. The van der Waals surface area contributed by atoms with Crippen molar-refractivity contribution in [2.45, 2.75) is 59.3 Å². The molecule has 0 amide bonds. The number of pyridine rings is 2. The average molecular weight is 905 g/mol. The van der Waals surface area contributed by atoms with E-state index in [4.69, 9.17) is 14.4 Å². The van der Waals surface area contributed by atoms with Gasteiger partial charge in [0.15, 0.2) is 0 Å². The Labute approximate surface area is 336 Å². The van der Waals surface area contributed by atoms with E-state index < -0.39 is 5.82 Å². The number of furan rings is 1. The van der Waals surface area contributed by atoms with Crippen LogP contribution in [0.2, 0.25) is 0 Å². The van der Waals surface area contributed by atoms with Gasteiger partial charge in [-0.2, -0.15) is 0 Å². The number of rotatable bonds is 5. The maximum Gasteiger partial charge on any atom is 0.143 e. The second kappa shape index (κ2) is 14.4. The van der Waals surface area contributed by atoms with Crippen molar-refractivity contribution in [3.05, 3.63) is 150 Å². The zero-order valence-corrected chi connectivity index (χ0v) is 34.3.